The van der Waals surface area contributed by atoms with Gasteiger partial charge >= 0.3 is 0 Å². The molecule has 1 aliphatic heterocycles. The minimum Gasteiger partial charge on any atom is -0.384 e. The molecule has 0 radical (unpaired) electrons. The highest BCUT2D eigenvalue weighted by Gasteiger charge is 2.31. The van der Waals surface area contributed by atoms with Crippen LogP contribution in [0, 0.1) is 5.41 Å². The van der Waals surface area contributed by atoms with Crippen LogP contribution in [0.1, 0.15) is 29.7 Å². The Hall–Kier alpha value is -0.490. The molecule has 1 saturated heterocycles. The van der Waals surface area contributed by atoms with Crippen LogP contribution in [0.2, 0.25) is 0 Å². The summed E-state index contributed by atoms with van der Waals surface area (Å²) in [5, 5.41) is 8.19. The van der Waals surface area contributed by atoms with Gasteiger partial charge in [0, 0.05) is 36.7 Å². The van der Waals surface area contributed by atoms with E-state index in [4.69, 9.17) is 4.74 Å². The molecule has 0 atom stereocenters. The maximum Gasteiger partial charge on any atom is 0.107 e. The highest BCUT2D eigenvalue weighted by atomic mass is 32.1. The van der Waals surface area contributed by atoms with Gasteiger partial charge < -0.3 is 15.4 Å². The van der Waals surface area contributed by atoms with Crippen LogP contribution in [0.3, 0.4) is 0 Å². The van der Waals surface area contributed by atoms with Crippen LogP contribution in [0.4, 0.5) is 0 Å². The lowest BCUT2D eigenvalue weighted by Gasteiger charge is -2.37. The van der Waals surface area contributed by atoms with Crippen LogP contribution in [0.25, 0.3) is 0 Å². The van der Waals surface area contributed by atoms with Gasteiger partial charge in [0.25, 0.3) is 0 Å². The largest absolute Gasteiger partial charge is 0.384 e. The molecule has 2 N–H and O–H groups in total. The Bertz CT molecular complexity index is 369. The van der Waals surface area contributed by atoms with Gasteiger partial charge in [0.05, 0.1) is 6.61 Å². The molecule has 1 aromatic heterocycles. The van der Waals surface area contributed by atoms with E-state index >= 15 is 0 Å². The highest BCUT2D eigenvalue weighted by molar-refractivity contribution is 7.11. The molecule has 4 nitrogen and oxygen atoms in total. The number of rotatable bonds is 7. The van der Waals surface area contributed by atoms with Crippen LogP contribution < -0.4 is 10.6 Å². The fourth-order valence-electron chi connectivity index (χ4n) is 2.66. The number of methoxy groups -OCH3 is 1. The zero-order valence-corrected chi connectivity index (χ0v) is 12.8. The maximum absolute atomic E-state index is 5.43. The van der Waals surface area contributed by atoms with E-state index in [9.17, 15) is 0 Å². The van der Waals surface area contributed by atoms with E-state index in [1.165, 1.54) is 22.7 Å². The number of aryl methyl sites for hydroxylation is 1. The summed E-state index contributed by atoms with van der Waals surface area (Å²) in [6.07, 6.45) is 5.45. The molecule has 0 aromatic carbocycles. The molecule has 0 aliphatic carbocycles. The zero-order valence-electron chi connectivity index (χ0n) is 12.0. The third-order valence-corrected chi connectivity index (χ3v) is 4.98. The SMILES string of the molecule is CCc1cnc(CNCC2(COC)CCNCC2)s1. The Morgan fingerprint density at radius 1 is 1.47 bits per heavy atom. The summed E-state index contributed by atoms with van der Waals surface area (Å²) in [6, 6.07) is 0. The number of piperidine rings is 1. The quantitative estimate of drug-likeness (QED) is 0.801. The molecule has 5 heteroatoms. The van der Waals surface area contributed by atoms with Gasteiger partial charge in [0.1, 0.15) is 5.01 Å². The molecule has 1 fully saturated rings. The van der Waals surface area contributed by atoms with Crippen LogP contribution in [-0.4, -0.2) is 38.3 Å². The second-order valence-corrected chi connectivity index (χ2v) is 6.56. The van der Waals surface area contributed by atoms with Crippen molar-refractivity contribution in [2.75, 3.05) is 33.4 Å². The number of aromatic nitrogens is 1. The number of nitrogens with zero attached hydrogens (tertiary/aromatic N) is 1. The number of hydrogen-bond acceptors (Lipinski definition) is 5. The van der Waals surface area contributed by atoms with E-state index in [1.54, 1.807) is 7.11 Å². The van der Waals surface area contributed by atoms with E-state index in [2.05, 4.69) is 22.5 Å². The summed E-state index contributed by atoms with van der Waals surface area (Å²) >= 11 is 1.81. The van der Waals surface area contributed by atoms with Gasteiger partial charge in [0.2, 0.25) is 0 Å². The van der Waals surface area contributed by atoms with Crippen LogP contribution in [0.15, 0.2) is 6.20 Å². The molecule has 108 valence electrons. The molecule has 2 rings (SSSR count). The first-order chi connectivity index (χ1) is 9.28. The lowest BCUT2D eigenvalue weighted by atomic mass is 9.79. The minimum absolute atomic E-state index is 0.296. The Labute approximate surface area is 120 Å². The van der Waals surface area contributed by atoms with Gasteiger partial charge in [-0.15, -0.1) is 11.3 Å². The second-order valence-electron chi connectivity index (χ2n) is 5.36. The third-order valence-electron chi connectivity index (χ3n) is 3.84. The van der Waals surface area contributed by atoms with E-state index in [1.807, 2.05) is 17.5 Å². The average molecular weight is 283 g/mol. The Kier molecular flexibility index (Phi) is 5.76. The van der Waals surface area contributed by atoms with Crippen molar-refractivity contribution in [1.82, 2.24) is 15.6 Å². The lowest BCUT2D eigenvalue weighted by molar-refractivity contribution is 0.0534. The molecule has 0 spiro atoms. The van der Waals surface area contributed by atoms with Crippen LogP contribution >= 0.6 is 11.3 Å². The van der Waals surface area contributed by atoms with E-state index in [0.717, 1.165) is 39.2 Å². The summed E-state index contributed by atoms with van der Waals surface area (Å²) < 4.78 is 5.43. The smallest absolute Gasteiger partial charge is 0.107 e. The maximum atomic E-state index is 5.43. The van der Waals surface area contributed by atoms with Crippen molar-refractivity contribution in [1.29, 1.82) is 0 Å². The highest BCUT2D eigenvalue weighted by Crippen LogP contribution is 2.28. The van der Waals surface area contributed by atoms with Gasteiger partial charge in [-0.3, -0.25) is 0 Å². The van der Waals surface area contributed by atoms with Crippen molar-refractivity contribution in [3.8, 4) is 0 Å². The Morgan fingerprint density at radius 3 is 2.89 bits per heavy atom. The van der Waals surface area contributed by atoms with Gasteiger partial charge in [-0.25, -0.2) is 4.98 Å². The van der Waals surface area contributed by atoms with E-state index < -0.39 is 0 Å². The third kappa shape index (κ3) is 4.24. The first-order valence-electron chi connectivity index (χ1n) is 7.12. The minimum atomic E-state index is 0.296. The summed E-state index contributed by atoms with van der Waals surface area (Å²) in [5.41, 5.74) is 0.296. The van der Waals surface area contributed by atoms with Crippen molar-refractivity contribution in [2.24, 2.45) is 5.41 Å². The number of ether oxygens (including phenoxy) is 1. The standard InChI is InChI=1S/C14H25N3OS/c1-3-12-8-17-13(19-12)9-16-10-14(11-18-2)4-6-15-7-5-14/h8,15-16H,3-7,9-11H2,1-2H3. The summed E-state index contributed by atoms with van der Waals surface area (Å²) in [6.45, 7) is 7.12. The summed E-state index contributed by atoms with van der Waals surface area (Å²) in [4.78, 5) is 5.82. The van der Waals surface area contributed by atoms with Gasteiger partial charge in [-0.2, -0.15) is 0 Å². The topological polar surface area (TPSA) is 46.2 Å². The first-order valence-corrected chi connectivity index (χ1v) is 7.93. The van der Waals surface area contributed by atoms with Crippen molar-refractivity contribution < 1.29 is 4.74 Å². The van der Waals surface area contributed by atoms with Crippen LogP contribution in [0.5, 0.6) is 0 Å². The number of thiazole rings is 1. The van der Waals surface area contributed by atoms with E-state index in [0.29, 0.717) is 5.41 Å². The molecule has 2 heterocycles. The van der Waals surface area contributed by atoms with Gasteiger partial charge in [-0.1, -0.05) is 6.92 Å². The molecule has 1 aromatic rings. The normalized spacial score (nSPS) is 18.6. The van der Waals surface area contributed by atoms with E-state index in [-0.39, 0.29) is 0 Å². The molecule has 0 amide bonds. The molecule has 1 aliphatic rings. The monoisotopic (exact) mass is 283 g/mol. The zero-order chi connectivity index (χ0) is 13.6. The fourth-order valence-corrected chi connectivity index (χ4v) is 3.50. The molecule has 0 saturated carbocycles. The predicted octanol–water partition coefficient (Wildman–Crippen LogP) is 1.81. The second kappa shape index (κ2) is 7.33. The van der Waals surface area contributed by atoms with Crippen molar-refractivity contribution in [2.45, 2.75) is 32.7 Å². The lowest BCUT2D eigenvalue weighted by Crippen LogP contribution is -2.45. The fraction of sp³-hybridized carbons (Fsp3) is 0.786. The average Bonchev–Trinajstić information content (AvgIpc) is 2.88. The summed E-state index contributed by atoms with van der Waals surface area (Å²) in [7, 11) is 1.80. The predicted molar refractivity (Wildman–Crippen MR) is 79.6 cm³/mol. The molecule has 0 bridgehead atoms. The first kappa shape index (κ1) is 14.9. The molecular weight excluding hydrogens is 258 g/mol. The number of nitrogens with one attached hydrogen (secondary N) is 2. The molecule has 19 heavy (non-hydrogen) atoms. The van der Waals surface area contributed by atoms with Gasteiger partial charge in [-0.05, 0) is 32.4 Å². The van der Waals surface area contributed by atoms with Crippen molar-refractivity contribution >= 4 is 11.3 Å². The summed E-state index contributed by atoms with van der Waals surface area (Å²) in [5.74, 6) is 0. The van der Waals surface area contributed by atoms with Crippen molar-refractivity contribution in [3.63, 3.8) is 0 Å². The molecular formula is C14H25N3OS. The number of hydrogen-bond donors (Lipinski definition) is 2. The molecule has 0 unspecified atom stereocenters. The Morgan fingerprint density at radius 2 is 2.26 bits per heavy atom. The van der Waals surface area contributed by atoms with Gasteiger partial charge in [0.15, 0.2) is 0 Å². The van der Waals surface area contributed by atoms with Crippen molar-refractivity contribution in [3.05, 3.63) is 16.1 Å². The Balaban J connectivity index is 1.81. The van der Waals surface area contributed by atoms with Crippen LogP contribution in [-0.2, 0) is 17.7 Å².